The van der Waals surface area contributed by atoms with Crippen LogP contribution in [-0.2, 0) is 9.59 Å². The fraction of sp³-hybridized carbons (Fsp3) is 0.950. The van der Waals surface area contributed by atoms with Crippen LogP contribution in [0.15, 0.2) is 0 Å². The first-order valence-corrected chi connectivity index (χ1v) is 20.2. The standard InChI is InChI=1S/C40H80N2O2/c1-4-7-9-11-13-15-17-19-21-23-25-27-29-31-33-35-39(43)42(38(6-3)37-41)40(44)36-34-32-30-28-26-24-22-20-18-16-14-12-10-8-5-2/h38H,4-37,41H2,1-3H3. The molecular formula is C40H80N2O2. The van der Waals surface area contributed by atoms with E-state index in [4.69, 9.17) is 5.73 Å². The van der Waals surface area contributed by atoms with E-state index in [-0.39, 0.29) is 17.9 Å². The lowest BCUT2D eigenvalue weighted by atomic mass is 10.0. The number of rotatable bonds is 35. The smallest absolute Gasteiger partial charge is 0.229 e. The zero-order chi connectivity index (χ0) is 32.4. The van der Waals surface area contributed by atoms with Crippen LogP contribution in [0.3, 0.4) is 0 Å². The monoisotopic (exact) mass is 621 g/mol. The summed E-state index contributed by atoms with van der Waals surface area (Å²) >= 11 is 0. The van der Waals surface area contributed by atoms with Crippen LogP contribution in [0.25, 0.3) is 0 Å². The fourth-order valence-electron chi connectivity index (χ4n) is 6.54. The summed E-state index contributed by atoms with van der Waals surface area (Å²) in [7, 11) is 0. The van der Waals surface area contributed by atoms with E-state index in [1.54, 1.807) is 4.90 Å². The van der Waals surface area contributed by atoms with Gasteiger partial charge >= 0.3 is 0 Å². The van der Waals surface area contributed by atoms with Crippen molar-refractivity contribution in [2.24, 2.45) is 5.73 Å². The number of carbonyl (C=O) groups is 2. The third-order valence-corrected chi connectivity index (χ3v) is 9.63. The van der Waals surface area contributed by atoms with Crippen molar-refractivity contribution < 1.29 is 9.59 Å². The van der Waals surface area contributed by atoms with Crippen LogP contribution >= 0.6 is 0 Å². The molecule has 0 bridgehead atoms. The molecule has 2 amide bonds. The first kappa shape index (κ1) is 43.1. The molecule has 1 atom stereocenters. The third kappa shape index (κ3) is 27.4. The summed E-state index contributed by atoms with van der Waals surface area (Å²) in [4.78, 5) is 27.7. The Kier molecular flexibility index (Phi) is 34.2. The van der Waals surface area contributed by atoms with Gasteiger partial charge in [-0.3, -0.25) is 14.5 Å². The summed E-state index contributed by atoms with van der Waals surface area (Å²) in [5.41, 5.74) is 5.98. The molecule has 0 aromatic rings. The van der Waals surface area contributed by atoms with Gasteiger partial charge in [-0.1, -0.05) is 201 Å². The highest BCUT2D eigenvalue weighted by Crippen LogP contribution is 2.17. The summed E-state index contributed by atoms with van der Waals surface area (Å²) in [6.45, 7) is 6.96. The second-order valence-electron chi connectivity index (χ2n) is 13.9. The van der Waals surface area contributed by atoms with Crippen LogP contribution in [0, 0.1) is 0 Å². The summed E-state index contributed by atoms with van der Waals surface area (Å²) in [5.74, 6) is 0.00547. The number of nitrogens with two attached hydrogens (primary N) is 1. The summed E-state index contributed by atoms with van der Waals surface area (Å²) in [6.07, 6.45) is 41.1. The van der Waals surface area contributed by atoms with E-state index >= 15 is 0 Å². The average Bonchev–Trinajstić information content (AvgIpc) is 3.03. The van der Waals surface area contributed by atoms with Crippen molar-refractivity contribution in [2.45, 2.75) is 239 Å². The van der Waals surface area contributed by atoms with Gasteiger partial charge in [-0.2, -0.15) is 0 Å². The van der Waals surface area contributed by atoms with Gasteiger partial charge in [0, 0.05) is 19.4 Å². The van der Waals surface area contributed by atoms with Gasteiger partial charge in [0.15, 0.2) is 0 Å². The van der Waals surface area contributed by atoms with Crippen LogP contribution in [0.1, 0.15) is 233 Å². The molecule has 0 spiro atoms. The predicted octanol–water partition coefficient (Wildman–Crippen LogP) is 12.6. The number of carbonyl (C=O) groups excluding carboxylic acids is 2. The molecule has 262 valence electrons. The molecule has 0 aromatic heterocycles. The molecule has 0 fully saturated rings. The van der Waals surface area contributed by atoms with Crippen LogP contribution in [-0.4, -0.2) is 29.3 Å². The fourth-order valence-corrected chi connectivity index (χ4v) is 6.54. The molecule has 4 heteroatoms. The van der Waals surface area contributed by atoms with Crippen molar-refractivity contribution in [2.75, 3.05) is 6.54 Å². The summed E-state index contributed by atoms with van der Waals surface area (Å²) in [6, 6.07) is -0.150. The van der Waals surface area contributed by atoms with Crippen LogP contribution in [0.5, 0.6) is 0 Å². The van der Waals surface area contributed by atoms with Gasteiger partial charge in [-0.15, -0.1) is 0 Å². The Morgan fingerprint density at radius 3 is 0.841 bits per heavy atom. The first-order chi connectivity index (χ1) is 21.6. The normalized spacial score (nSPS) is 12.1. The Hall–Kier alpha value is -0.900. The predicted molar refractivity (Wildman–Crippen MR) is 194 cm³/mol. The zero-order valence-corrected chi connectivity index (χ0v) is 30.5. The first-order valence-electron chi connectivity index (χ1n) is 20.2. The molecule has 1 unspecified atom stereocenters. The van der Waals surface area contributed by atoms with Gasteiger partial charge in [0.2, 0.25) is 11.8 Å². The second-order valence-corrected chi connectivity index (χ2v) is 13.9. The Morgan fingerprint density at radius 1 is 0.409 bits per heavy atom. The largest absolute Gasteiger partial charge is 0.328 e. The molecule has 44 heavy (non-hydrogen) atoms. The molecule has 2 N–H and O–H groups in total. The number of nitrogens with zero attached hydrogens (tertiary/aromatic N) is 1. The minimum Gasteiger partial charge on any atom is -0.328 e. The highest BCUT2D eigenvalue weighted by atomic mass is 16.2. The molecule has 0 aliphatic carbocycles. The highest BCUT2D eigenvalue weighted by molar-refractivity contribution is 5.95. The Bertz CT molecular complexity index is 558. The number of unbranched alkanes of at least 4 members (excludes halogenated alkanes) is 28. The van der Waals surface area contributed by atoms with Gasteiger partial charge in [0.05, 0.1) is 6.04 Å². The highest BCUT2D eigenvalue weighted by Gasteiger charge is 2.26. The second kappa shape index (κ2) is 35.0. The van der Waals surface area contributed by atoms with Crippen LogP contribution in [0.4, 0.5) is 0 Å². The van der Waals surface area contributed by atoms with Crippen molar-refractivity contribution in [1.82, 2.24) is 4.90 Å². The van der Waals surface area contributed by atoms with E-state index in [0.29, 0.717) is 19.4 Å². The maximum atomic E-state index is 13.1. The summed E-state index contributed by atoms with van der Waals surface area (Å²) < 4.78 is 0. The zero-order valence-electron chi connectivity index (χ0n) is 30.5. The van der Waals surface area contributed by atoms with Crippen molar-refractivity contribution in [3.63, 3.8) is 0 Å². The van der Waals surface area contributed by atoms with E-state index in [2.05, 4.69) is 13.8 Å². The Labute approximate surface area is 276 Å². The third-order valence-electron chi connectivity index (χ3n) is 9.63. The topological polar surface area (TPSA) is 63.4 Å². The summed E-state index contributed by atoms with van der Waals surface area (Å²) in [5, 5.41) is 0. The van der Waals surface area contributed by atoms with Gasteiger partial charge < -0.3 is 5.73 Å². The lowest BCUT2D eigenvalue weighted by Crippen LogP contribution is -2.47. The number of hydrogen-bond acceptors (Lipinski definition) is 3. The Balaban J connectivity index is 3.88. The average molecular weight is 621 g/mol. The number of hydrogen-bond donors (Lipinski definition) is 1. The van der Waals surface area contributed by atoms with Crippen molar-refractivity contribution in [3.05, 3.63) is 0 Å². The van der Waals surface area contributed by atoms with Gasteiger partial charge in [0.1, 0.15) is 0 Å². The number of imide groups is 1. The van der Waals surface area contributed by atoms with Gasteiger partial charge in [0.25, 0.3) is 0 Å². The maximum Gasteiger partial charge on any atom is 0.229 e. The lowest BCUT2D eigenvalue weighted by Gasteiger charge is -2.29. The van der Waals surface area contributed by atoms with Crippen molar-refractivity contribution >= 4 is 11.8 Å². The lowest BCUT2D eigenvalue weighted by molar-refractivity contribution is -0.147. The van der Waals surface area contributed by atoms with Gasteiger partial charge in [-0.05, 0) is 19.3 Å². The molecule has 0 heterocycles. The molecular weight excluding hydrogens is 540 g/mol. The van der Waals surface area contributed by atoms with E-state index in [9.17, 15) is 9.59 Å². The van der Waals surface area contributed by atoms with Gasteiger partial charge in [-0.25, -0.2) is 0 Å². The minimum absolute atomic E-state index is 0.00273. The molecule has 4 nitrogen and oxygen atoms in total. The number of amides is 2. The van der Waals surface area contributed by atoms with E-state index in [1.165, 1.54) is 167 Å². The molecule has 0 rings (SSSR count). The Morgan fingerprint density at radius 2 is 0.636 bits per heavy atom. The molecule has 0 saturated carbocycles. The molecule has 0 aliphatic heterocycles. The minimum atomic E-state index is -0.150. The van der Waals surface area contributed by atoms with Crippen molar-refractivity contribution in [3.8, 4) is 0 Å². The molecule has 0 aromatic carbocycles. The van der Waals surface area contributed by atoms with E-state index in [1.807, 2.05) is 6.92 Å². The molecule has 0 aliphatic rings. The molecule has 0 radical (unpaired) electrons. The quantitative estimate of drug-likeness (QED) is 0.0717. The van der Waals surface area contributed by atoms with Crippen molar-refractivity contribution in [1.29, 1.82) is 0 Å². The van der Waals surface area contributed by atoms with E-state index in [0.717, 1.165) is 32.1 Å². The molecule has 0 saturated heterocycles. The van der Waals surface area contributed by atoms with Crippen LogP contribution in [0.2, 0.25) is 0 Å². The van der Waals surface area contributed by atoms with Crippen LogP contribution < -0.4 is 5.73 Å². The van der Waals surface area contributed by atoms with E-state index < -0.39 is 0 Å². The SMILES string of the molecule is CCCCCCCCCCCCCCCCCC(=O)N(C(=O)CCCCCCCCCCCCCCCCC)C(CC)CN. The maximum absolute atomic E-state index is 13.1.